The summed E-state index contributed by atoms with van der Waals surface area (Å²) in [4.78, 5) is 26.9. The summed E-state index contributed by atoms with van der Waals surface area (Å²) in [5.41, 5.74) is 1.35. The molecule has 8 nitrogen and oxygen atoms in total. The third kappa shape index (κ3) is 3.13. The van der Waals surface area contributed by atoms with Crippen molar-refractivity contribution in [3.8, 4) is 11.5 Å². The van der Waals surface area contributed by atoms with Crippen LogP contribution in [0.15, 0.2) is 42.5 Å². The molecule has 0 unspecified atom stereocenters. The molecule has 28 heavy (non-hydrogen) atoms. The number of hydrogen-bond donors (Lipinski definition) is 2. The summed E-state index contributed by atoms with van der Waals surface area (Å²) in [5.74, 6) is 0.808. The average Bonchev–Trinajstić information content (AvgIpc) is 3.31. The van der Waals surface area contributed by atoms with Crippen molar-refractivity contribution in [3.05, 3.63) is 42.5 Å². The first-order chi connectivity index (χ1) is 13.6. The minimum Gasteiger partial charge on any atom is -0.497 e. The number of methoxy groups -OCH3 is 2. The van der Waals surface area contributed by atoms with Gasteiger partial charge in [-0.3, -0.25) is 19.6 Å². The second kappa shape index (κ2) is 7.22. The molecule has 0 aliphatic carbocycles. The highest BCUT2D eigenvalue weighted by Gasteiger charge is 2.37. The van der Waals surface area contributed by atoms with Gasteiger partial charge in [0.25, 0.3) is 0 Å². The predicted molar refractivity (Wildman–Crippen MR) is 105 cm³/mol. The van der Waals surface area contributed by atoms with E-state index in [9.17, 15) is 9.59 Å². The molecule has 1 aliphatic rings. The number of nitrogens with one attached hydrogen (secondary N) is 2. The highest BCUT2D eigenvalue weighted by atomic mass is 16.5. The summed E-state index contributed by atoms with van der Waals surface area (Å²) in [6, 6.07) is 12.7. The Morgan fingerprint density at radius 3 is 2.82 bits per heavy atom. The van der Waals surface area contributed by atoms with Gasteiger partial charge < -0.3 is 14.8 Å². The average molecular weight is 380 g/mol. The van der Waals surface area contributed by atoms with Crippen molar-refractivity contribution >= 4 is 34.2 Å². The number of H-pyrrole nitrogens is 1. The molecular formula is C20H20N4O4. The van der Waals surface area contributed by atoms with E-state index in [0.29, 0.717) is 23.0 Å². The number of carbonyl (C=O) groups excluding carboxylic acids is 2. The fraction of sp³-hybridized carbons (Fsp3) is 0.250. The zero-order valence-corrected chi connectivity index (χ0v) is 15.6. The number of amides is 2. The van der Waals surface area contributed by atoms with Gasteiger partial charge >= 0.3 is 0 Å². The molecule has 144 valence electrons. The zero-order chi connectivity index (χ0) is 19.7. The number of fused-ring (bicyclic) bond motifs is 1. The van der Waals surface area contributed by atoms with Gasteiger partial charge in [-0.1, -0.05) is 12.1 Å². The Labute approximate surface area is 161 Å². The molecule has 1 aliphatic heterocycles. The predicted octanol–water partition coefficient (Wildman–Crippen LogP) is 2.57. The number of ether oxygens (including phenoxy) is 2. The molecule has 3 aromatic rings. The number of aromatic amines is 1. The largest absolute Gasteiger partial charge is 0.497 e. The summed E-state index contributed by atoms with van der Waals surface area (Å²) in [6.07, 6.45) is 0.124. The number of carbonyl (C=O) groups is 2. The smallest absolute Gasteiger partial charge is 0.229 e. The quantitative estimate of drug-likeness (QED) is 0.709. The Bertz CT molecular complexity index is 1050. The van der Waals surface area contributed by atoms with Gasteiger partial charge in [0, 0.05) is 24.4 Å². The molecule has 2 aromatic carbocycles. The van der Waals surface area contributed by atoms with E-state index in [0.717, 1.165) is 10.9 Å². The van der Waals surface area contributed by atoms with Crippen molar-refractivity contribution in [2.75, 3.05) is 31.0 Å². The van der Waals surface area contributed by atoms with Crippen LogP contribution in [0.2, 0.25) is 0 Å². The summed E-state index contributed by atoms with van der Waals surface area (Å²) >= 11 is 0. The maximum Gasteiger partial charge on any atom is 0.229 e. The lowest BCUT2D eigenvalue weighted by molar-refractivity contribution is -0.122. The van der Waals surface area contributed by atoms with E-state index in [1.807, 2.05) is 24.3 Å². The van der Waals surface area contributed by atoms with Crippen LogP contribution in [0.25, 0.3) is 10.9 Å². The van der Waals surface area contributed by atoms with E-state index in [1.165, 1.54) is 7.11 Å². The van der Waals surface area contributed by atoms with Crippen LogP contribution >= 0.6 is 0 Å². The van der Waals surface area contributed by atoms with Gasteiger partial charge in [0.05, 0.1) is 31.3 Å². The molecule has 2 amide bonds. The molecule has 1 fully saturated rings. The maximum absolute atomic E-state index is 12.8. The van der Waals surface area contributed by atoms with Crippen molar-refractivity contribution in [2.45, 2.75) is 6.42 Å². The summed E-state index contributed by atoms with van der Waals surface area (Å²) in [6.45, 7) is 0.270. The molecular weight excluding hydrogens is 360 g/mol. The number of para-hydroxylation sites is 1. The van der Waals surface area contributed by atoms with Crippen LogP contribution in [0.3, 0.4) is 0 Å². The molecule has 1 saturated heterocycles. The zero-order valence-electron chi connectivity index (χ0n) is 15.6. The molecule has 4 rings (SSSR count). The van der Waals surface area contributed by atoms with E-state index in [2.05, 4.69) is 15.5 Å². The lowest BCUT2D eigenvalue weighted by Crippen LogP contribution is -2.28. The second-order valence-corrected chi connectivity index (χ2v) is 6.55. The topological polar surface area (TPSA) is 96.5 Å². The van der Waals surface area contributed by atoms with Crippen molar-refractivity contribution in [2.24, 2.45) is 5.92 Å². The molecule has 1 atom stereocenters. The van der Waals surface area contributed by atoms with Crippen molar-refractivity contribution < 1.29 is 19.1 Å². The molecule has 8 heteroatoms. The number of aromatic nitrogens is 2. The Balaban J connectivity index is 1.53. The molecule has 1 aromatic heterocycles. The van der Waals surface area contributed by atoms with Gasteiger partial charge in [-0.05, 0) is 24.3 Å². The first-order valence-electron chi connectivity index (χ1n) is 8.87. The number of benzene rings is 2. The molecule has 0 saturated carbocycles. The molecule has 0 bridgehead atoms. The monoisotopic (exact) mass is 380 g/mol. The van der Waals surface area contributed by atoms with E-state index < -0.39 is 5.92 Å². The van der Waals surface area contributed by atoms with Gasteiger partial charge in [-0.2, -0.15) is 5.10 Å². The van der Waals surface area contributed by atoms with Crippen molar-refractivity contribution in [3.63, 3.8) is 0 Å². The van der Waals surface area contributed by atoms with E-state index in [-0.39, 0.29) is 24.8 Å². The first-order valence-corrected chi connectivity index (χ1v) is 8.87. The number of anilines is 2. The lowest BCUT2D eigenvalue weighted by atomic mass is 10.1. The summed E-state index contributed by atoms with van der Waals surface area (Å²) in [5, 5.41) is 10.9. The van der Waals surface area contributed by atoms with E-state index in [1.54, 1.807) is 30.2 Å². The van der Waals surface area contributed by atoms with Crippen LogP contribution in [0.1, 0.15) is 6.42 Å². The normalized spacial score (nSPS) is 16.4. The Morgan fingerprint density at radius 1 is 1.21 bits per heavy atom. The minimum atomic E-state index is -0.487. The summed E-state index contributed by atoms with van der Waals surface area (Å²) < 4.78 is 10.5. The van der Waals surface area contributed by atoms with Crippen molar-refractivity contribution in [1.82, 2.24) is 10.2 Å². The SMILES string of the molecule is COc1ccc(OC)c(NC(=O)[C@H]2CC(=O)N(c3n[nH]c4ccccc34)C2)c1. The first kappa shape index (κ1) is 17.8. The van der Waals surface area contributed by atoms with Gasteiger partial charge in [0.1, 0.15) is 11.5 Å². The minimum absolute atomic E-state index is 0.124. The van der Waals surface area contributed by atoms with Crippen LogP contribution in [0, 0.1) is 5.92 Å². The Morgan fingerprint density at radius 2 is 2.04 bits per heavy atom. The fourth-order valence-electron chi connectivity index (χ4n) is 3.39. The third-order valence-corrected chi connectivity index (χ3v) is 4.87. The van der Waals surface area contributed by atoms with E-state index in [4.69, 9.17) is 9.47 Å². The third-order valence-electron chi connectivity index (χ3n) is 4.87. The van der Waals surface area contributed by atoms with Gasteiger partial charge in [0.2, 0.25) is 11.8 Å². The number of nitrogens with zero attached hydrogens (tertiary/aromatic N) is 2. The Hall–Kier alpha value is -3.55. The summed E-state index contributed by atoms with van der Waals surface area (Å²) in [7, 11) is 3.08. The highest BCUT2D eigenvalue weighted by Crippen LogP contribution is 2.32. The fourth-order valence-corrected chi connectivity index (χ4v) is 3.39. The molecule has 2 heterocycles. The maximum atomic E-state index is 12.8. The van der Waals surface area contributed by atoms with Gasteiger partial charge in [-0.15, -0.1) is 0 Å². The highest BCUT2D eigenvalue weighted by molar-refractivity contribution is 6.07. The van der Waals surface area contributed by atoms with Gasteiger partial charge in [0.15, 0.2) is 5.82 Å². The Kier molecular flexibility index (Phi) is 4.60. The van der Waals surface area contributed by atoms with Crippen LogP contribution < -0.4 is 19.7 Å². The molecule has 0 spiro atoms. The number of hydrogen-bond acceptors (Lipinski definition) is 5. The second-order valence-electron chi connectivity index (χ2n) is 6.55. The van der Waals surface area contributed by atoms with Crippen LogP contribution in [0.5, 0.6) is 11.5 Å². The van der Waals surface area contributed by atoms with Gasteiger partial charge in [-0.25, -0.2) is 0 Å². The van der Waals surface area contributed by atoms with Crippen LogP contribution in [-0.4, -0.2) is 42.8 Å². The number of rotatable bonds is 5. The molecule has 2 N–H and O–H groups in total. The van der Waals surface area contributed by atoms with Crippen molar-refractivity contribution in [1.29, 1.82) is 0 Å². The lowest BCUT2D eigenvalue weighted by Gasteiger charge is -2.15. The standard InChI is InChI=1S/C20H20N4O4/c1-27-13-7-8-17(28-2)16(10-13)21-20(26)12-9-18(25)24(11-12)19-14-5-3-4-6-15(14)22-23-19/h3-8,10,12H,9,11H2,1-2H3,(H,21,26)(H,22,23)/t12-/m0/s1. The molecule has 0 radical (unpaired) electrons. The van der Waals surface area contributed by atoms with Crippen LogP contribution in [0.4, 0.5) is 11.5 Å². The van der Waals surface area contributed by atoms with Crippen LogP contribution in [-0.2, 0) is 9.59 Å². The van der Waals surface area contributed by atoms with E-state index >= 15 is 0 Å².